The van der Waals surface area contributed by atoms with E-state index < -0.39 is 23.5 Å². The van der Waals surface area contributed by atoms with E-state index in [0.717, 1.165) is 17.0 Å². The molecule has 1 amide bonds. The second-order valence-corrected chi connectivity index (χ2v) is 7.98. The zero-order valence-corrected chi connectivity index (χ0v) is 18.2. The first-order valence-corrected chi connectivity index (χ1v) is 10.4. The van der Waals surface area contributed by atoms with Crippen molar-refractivity contribution in [2.24, 2.45) is 0 Å². The predicted octanol–water partition coefficient (Wildman–Crippen LogP) is 4.44. The minimum absolute atomic E-state index is 0.0407. The molecule has 1 aliphatic rings. The Morgan fingerprint density at radius 3 is 2.39 bits per heavy atom. The van der Waals surface area contributed by atoms with Crippen LogP contribution in [0.5, 0.6) is 0 Å². The number of pyridine rings is 1. The second kappa shape index (κ2) is 8.93. The van der Waals surface area contributed by atoms with Gasteiger partial charge in [-0.25, -0.2) is 18.7 Å². The summed E-state index contributed by atoms with van der Waals surface area (Å²) in [7, 11) is 0. The molecule has 1 aliphatic heterocycles. The molecule has 0 spiro atoms. The van der Waals surface area contributed by atoms with Crippen LogP contribution >= 0.6 is 11.6 Å². The summed E-state index contributed by atoms with van der Waals surface area (Å²) in [6, 6.07) is 4.73. The van der Waals surface area contributed by atoms with Crippen LogP contribution in [0.3, 0.4) is 0 Å². The topological polar surface area (TPSA) is 62.2 Å². The third-order valence-electron chi connectivity index (χ3n) is 5.24. The normalized spacial score (nSPS) is 14.5. The van der Waals surface area contributed by atoms with Crippen LogP contribution in [0, 0.1) is 11.6 Å². The lowest BCUT2D eigenvalue weighted by Crippen LogP contribution is -2.52. The SMILES string of the molecule is CC(F)(F)C(=O)N1CCN(c2cnc(-c3ccc(F)cc3F)c(-c3ccncc3Cl)n2)CC1. The van der Waals surface area contributed by atoms with E-state index in [1.54, 1.807) is 11.0 Å². The molecule has 4 rings (SSSR count). The Morgan fingerprint density at radius 1 is 1.03 bits per heavy atom. The summed E-state index contributed by atoms with van der Waals surface area (Å²) < 4.78 is 54.7. The Kier molecular flexibility index (Phi) is 6.20. The van der Waals surface area contributed by atoms with Gasteiger partial charge >= 0.3 is 5.92 Å². The highest BCUT2D eigenvalue weighted by Crippen LogP contribution is 2.35. The minimum Gasteiger partial charge on any atom is -0.352 e. The van der Waals surface area contributed by atoms with E-state index in [4.69, 9.17) is 11.6 Å². The molecular formula is C22H18ClF4N5O. The fourth-order valence-electron chi connectivity index (χ4n) is 3.58. The fraction of sp³-hybridized carbons (Fsp3) is 0.273. The van der Waals surface area contributed by atoms with Gasteiger partial charge < -0.3 is 9.80 Å². The van der Waals surface area contributed by atoms with Gasteiger partial charge in [0.2, 0.25) is 0 Å². The molecule has 2 aromatic heterocycles. The van der Waals surface area contributed by atoms with Crippen LogP contribution in [0.25, 0.3) is 22.5 Å². The minimum atomic E-state index is -3.44. The number of aromatic nitrogens is 3. The molecule has 3 aromatic rings. The maximum absolute atomic E-state index is 14.5. The third kappa shape index (κ3) is 4.75. The molecule has 11 heteroatoms. The third-order valence-corrected chi connectivity index (χ3v) is 5.54. The van der Waals surface area contributed by atoms with Gasteiger partial charge in [0.05, 0.1) is 16.9 Å². The molecule has 0 bridgehead atoms. The number of piperazine rings is 1. The number of nitrogens with zero attached hydrogens (tertiary/aromatic N) is 5. The smallest absolute Gasteiger partial charge is 0.322 e. The van der Waals surface area contributed by atoms with Crippen molar-refractivity contribution in [2.75, 3.05) is 31.1 Å². The Labute approximate surface area is 191 Å². The van der Waals surface area contributed by atoms with Gasteiger partial charge in [-0.1, -0.05) is 11.6 Å². The number of amides is 1. The summed E-state index contributed by atoms with van der Waals surface area (Å²) in [5.74, 6) is -5.79. The molecule has 1 saturated heterocycles. The van der Waals surface area contributed by atoms with Crippen molar-refractivity contribution in [3.8, 4) is 22.5 Å². The molecule has 33 heavy (non-hydrogen) atoms. The number of alkyl halides is 2. The van der Waals surface area contributed by atoms with E-state index in [-0.39, 0.29) is 48.2 Å². The molecule has 0 radical (unpaired) electrons. The maximum atomic E-state index is 14.5. The molecule has 6 nitrogen and oxygen atoms in total. The molecule has 0 aliphatic carbocycles. The van der Waals surface area contributed by atoms with E-state index in [9.17, 15) is 22.4 Å². The van der Waals surface area contributed by atoms with Crippen LogP contribution in [0.1, 0.15) is 6.92 Å². The monoisotopic (exact) mass is 479 g/mol. The number of anilines is 1. The van der Waals surface area contributed by atoms with Gasteiger partial charge in [-0.05, 0) is 18.2 Å². The number of hydrogen-bond donors (Lipinski definition) is 0. The Hall–Kier alpha value is -3.27. The number of halogens is 5. The van der Waals surface area contributed by atoms with Crippen molar-refractivity contribution in [1.82, 2.24) is 19.9 Å². The molecule has 3 heterocycles. The van der Waals surface area contributed by atoms with Gasteiger partial charge in [-0.3, -0.25) is 9.78 Å². The van der Waals surface area contributed by atoms with Crippen LogP contribution < -0.4 is 4.90 Å². The van der Waals surface area contributed by atoms with E-state index >= 15 is 0 Å². The molecular weight excluding hydrogens is 462 g/mol. The summed E-state index contributed by atoms with van der Waals surface area (Å²) >= 11 is 6.31. The van der Waals surface area contributed by atoms with Crippen LogP contribution in [0.2, 0.25) is 5.02 Å². The van der Waals surface area contributed by atoms with Crippen molar-refractivity contribution >= 4 is 23.3 Å². The molecule has 172 valence electrons. The van der Waals surface area contributed by atoms with Crippen molar-refractivity contribution < 1.29 is 22.4 Å². The van der Waals surface area contributed by atoms with Crippen LogP contribution in [-0.4, -0.2) is 57.9 Å². The van der Waals surface area contributed by atoms with Gasteiger partial charge in [0, 0.05) is 62.7 Å². The number of carbonyl (C=O) groups excluding carboxylic acids is 1. The van der Waals surface area contributed by atoms with E-state index in [0.29, 0.717) is 18.3 Å². The first-order chi connectivity index (χ1) is 15.6. The quantitative estimate of drug-likeness (QED) is 0.518. The molecule has 1 aromatic carbocycles. The largest absolute Gasteiger partial charge is 0.352 e. The predicted molar refractivity (Wildman–Crippen MR) is 115 cm³/mol. The highest BCUT2D eigenvalue weighted by atomic mass is 35.5. The van der Waals surface area contributed by atoms with Crippen molar-refractivity contribution in [3.63, 3.8) is 0 Å². The van der Waals surface area contributed by atoms with E-state index in [2.05, 4.69) is 15.0 Å². The van der Waals surface area contributed by atoms with Crippen molar-refractivity contribution in [3.05, 3.63) is 59.5 Å². The molecule has 0 atom stereocenters. The van der Waals surface area contributed by atoms with Gasteiger partial charge in [-0.2, -0.15) is 8.78 Å². The highest BCUT2D eigenvalue weighted by molar-refractivity contribution is 6.33. The summed E-state index contributed by atoms with van der Waals surface area (Å²) in [6.45, 7) is 1.26. The summed E-state index contributed by atoms with van der Waals surface area (Å²) in [5, 5.41) is 0.258. The zero-order valence-electron chi connectivity index (χ0n) is 17.4. The molecule has 0 unspecified atom stereocenters. The standard InChI is InChI=1S/C22H18ClF4N5O/c1-22(26,27)21(33)32-8-6-31(7-9-32)18-12-29-19(15-3-2-13(24)10-17(15)25)20(30-18)14-4-5-28-11-16(14)23/h2-5,10-12H,6-9H2,1H3. The van der Waals surface area contributed by atoms with Crippen LogP contribution in [0.15, 0.2) is 42.9 Å². The number of benzene rings is 1. The Morgan fingerprint density at radius 2 is 1.76 bits per heavy atom. The second-order valence-electron chi connectivity index (χ2n) is 7.57. The van der Waals surface area contributed by atoms with Crippen molar-refractivity contribution in [1.29, 1.82) is 0 Å². The van der Waals surface area contributed by atoms with E-state index in [1.807, 2.05) is 0 Å². The molecule has 0 saturated carbocycles. The Bertz CT molecular complexity index is 1200. The number of carbonyl (C=O) groups is 1. The number of rotatable bonds is 4. The first kappa shape index (κ1) is 22.9. The average Bonchev–Trinajstić information content (AvgIpc) is 2.78. The lowest BCUT2D eigenvalue weighted by Gasteiger charge is -2.36. The van der Waals surface area contributed by atoms with Gasteiger partial charge in [0.25, 0.3) is 5.91 Å². The first-order valence-electron chi connectivity index (χ1n) is 9.99. The summed E-state index contributed by atoms with van der Waals surface area (Å²) in [5.41, 5.74) is 0.894. The molecule has 0 N–H and O–H groups in total. The summed E-state index contributed by atoms with van der Waals surface area (Å²) in [4.78, 5) is 27.7. The van der Waals surface area contributed by atoms with Crippen LogP contribution in [0.4, 0.5) is 23.4 Å². The van der Waals surface area contributed by atoms with Crippen LogP contribution in [-0.2, 0) is 4.79 Å². The van der Waals surface area contributed by atoms with Gasteiger partial charge in [0.1, 0.15) is 23.1 Å². The van der Waals surface area contributed by atoms with Crippen molar-refractivity contribution in [2.45, 2.75) is 12.8 Å². The fourth-order valence-corrected chi connectivity index (χ4v) is 3.79. The Balaban J connectivity index is 1.70. The lowest BCUT2D eigenvalue weighted by molar-refractivity contribution is -0.155. The molecule has 1 fully saturated rings. The van der Waals surface area contributed by atoms with E-state index in [1.165, 1.54) is 24.7 Å². The van der Waals surface area contributed by atoms with Gasteiger partial charge in [-0.15, -0.1) is 0 Å². The summed E-state index contributed by atoms with van der Waals surface area (Å²) in [6.07, 6.45) is 4.32. The van der Waals surface area contributed by atoms with Gasteiger partial charge in [0.15, 0.2) is 0 Å². The number of hydrogen-bond acceptors (Lipinski definition) is 5. The maximum Gasteiger partial charge on any atom is 0.322 e. The lowest BCUT2D eigenvalue weighted by atomic mass is 10.0. The highest BCUT2D eigenvalue weighted by Gasteiger charge is 2.38. The zero-order chi connectivity index (χ0) is 23.8. The average molecular weight is 480 g/mol.